The molecule has 0 aliphatic rings. The summed E-state index contributed by atoms with van der Waals surface area (Å²) in [4.78, 5) is 34.7. The average Bonchev–Trinajstić information content (AvgIpc) is 2.48. The molecule has 0 saturated heterocycles. The number of rotatable bonds is 10. The summed E-state index contributed by atoms with van der Waals surface area (Å²) in [5, 5.41) is 30.2. The number of aliphatic hydroxyl groups excluding tert-OH is 2. The van der Waals surface area contributed by atoms with Crippen molar-refractivity contribution in [2.75, 3.05) is 13.2 Å². The van der Waals surface area contributed by atoms with E-state index in [1.54, 1.807) is 0 Å². The molecule has 0 aromatic carbocycles. The third-order valence-electron chi connectivity index (χ3n) is 3.42. The monoisotopic (exact) mass is 348 g/mol. The second-order valence-electron chi connectivity index (χ2n) is 6.79. The smallest absolute Gasteiger partial charge is 0.346 e. The van der Waals surface area contributed by atoms with Gasteiger partial charge in [0.1, 0.15) is 12.1 Å². The maximum absolute atomic E-state index is 11.8. The molecule has 2 unspecified atom stereocenters. The molecule has 0 fully saturated rings. The molecular formula is C15H28N2O7. The van der Waals surface area contributed by atoms with Crippen LogP contribution in [0.5, 0.6) is 0 Å². The second-order valence-corrected chi connectivity index (χ2v) is 6.79. The van der Waals surface area contributed by atoms with Crippen molar-refractivity contribution in [2.24, 2.45) is 17.1 Å². The van der Waals surface area contributed by atoms with E-state index in [1.807, 2.05) is 13.8 Å². The van der Waals surface area contributed by atoms with Gasteiger partial charge in [-0.05, 0) is 12.3 Å². The summed E-state index contributed by atoms with van der Waals surface area (Å²) in [6, 6.07) is -0.957. The van der Waals surface area contributed by atoms with E-state index in [2.05, 4.69) is 5.32 Å². The third-order valence-corrected chi connectivity index (χ3v) is 3.42. The van der Waals surface area contributed by atoms with Crippen LogP contribution in [-0.2, 0) is 19.1 Å². The lowest BCUT2D eigenvalue weighted by atomic mass is 9.87. The Hall–Kier alpha value is -1.71. The van der Waals surface area contributed by atoms with E-state index in [0.717, 1.165) is 0 Å². The van der Waals surface area contributed by atoms with E-state index in [0.29, 0.717) is 6.42 Å². The summed E-state index contributed by atoms with van der Waals surface area (Å²) in [6.45, 7) is 5.68. The van der Waals surface area contributed by atoms with Crippen molar-refractivity contribution in [2.45, 2.75) is 52.4 Å². The highest BCUT2D eigenvalue weighted by Crippen LogP contribution is 2.19. The quantitative estimate of drug-likeness (QED) is 0.309. The largest absolute Gasteiger partial charge is 0.478 e. The number of aliphatic hydroxyl groups is 2. The van der Waals surface area contributed by atoms with Gasteiger partial charge in [-0.3, -0.25) is 9.59 Å². The fraction of sp³-hybridized carbons (Fsp3) is 0.800. The van der Waals surface area contributed by atoms with Gasteiger partial charge in [-0.15, -0.1) is 0 Å². The predicted octanol–water partition coefficient (Wildman–Crippen LogP) is -1.15. The van der Waals surface area contributed by atoms with Crippen molar-refractivity contribution in [1.82, 2.24) is 5.32 Å². The highest BCUT2D eigenvalue weighted by atomic mass is 16.6. The van der Waals surface area contributed by atoms with Crippen molar-refractivity contribution in [3.8, 4) is 0 Å². The van der Waals surface area contributed by atoms with Crippen LogP contribution in [0.3, 0.4) is 0 Å². The predicted molar refractivity (Wildman–Crippen MR) is 84.8 cm³/mol. The number of carbonyl (C=O) groups excluding carboxylic acids is 2. The SMILES string of the molecule is CC(C)CC(N)C(=O)OC(CNC(=O)[C@H](O)C(C)(C)CO)C(=O)O. The highest BCUT2D eigenvalue weighted by Gasteiger charge is 2.34. The summed E-state index contributed by atoms with van der Waals surface area (Å²) in [5.41, 5.74) is 4.53. The number of nitrogens with one attached hydrogen (secondary N) is 1. The molecule has 0 spiro atoms. The normalized spacial score (nSPS) is 15.5. The molecule has 0 radical (unpaired) electrons. The summed E-state index contributed by atoms with van der Waals surface area (Å²) in [7, 11) is 0. The van der Waals surface area contributed by atoms with Crippen molar-refractivity contribution < 1.29 is 34.4 Å². The number of hydrogen-bond acceptors (Lipinski definition) is 7. The number of carbonyl (C=O) groups is 3. The Kier molecular flexibility index (Phi) is 8.87. The summed E-state index contributed by atoms with van der Waals surface area (Å²) >= 11 is 0. The topological polar surface area (TPSA) is 159 Å². The van der Waals surface area contributed by atoms with E-state index in [1.165, 1.54) is 13.8 Å². The number of esters is 1. The van der Waals surface area contributed by atoms with Gasteiger partial charge >= 0.3 is 11.9 Å². The van der Waals surface area contributed by atoms with Crippen LogP contribution in [0.1, 0.15) is 34.1 Å². The molecule has 0 rings (SSSR count). The van der Waals surface area contributed by atoms with Crippen LogP contribution in [0.25, 0.3) is 0 Å². The fourth-order valence-electron chi connectivity index (χ4n) is 1.74. The first kappa shape index (κ1) is 22.3. The molecule has 6 N–H and O–H groups in total. The molecule has 0 aromatic rings. The Morgan fingerprint density at radius 3 is 2.21 bits per heavy atom. The third kappa shape index (κ3) is 7.24. The van der Waals surface area contributed by atoms with E-state index in [4.69, 9.17) is 20.7 Å². The van der Waals surface area contributed by atoms with Crippen LogP contribution in [0.15, 0.2) is 0 Å². The first-order valence-corrected chi connectivity index (χ1v) is 7.67. The maximum atomic E-state index is 11.8. The van der Waals surface area contributed by atoms with Gasteiger partial charge in [-0.1, -0.05) is 27.7 Å². The maximum Gasteiger partial charge on any atom is 0.346 e. The molecule has 0 aliphatic carbocycles. The number of carboxylic acids is 1. The number of nitrogens with two attached hydrogens (primary N) is 1. The molecule has 0 heterocycles. The molecule has 0 saturated carbocycles. The summed E-state index contributed by atoms with van der Waals surface area (Å²) in [5.74, 6) is -3.06. The van der Waals surface area contributed by atoms with Crippen LogP contribution in [0, 0.1) is 11.3 Å². The summed E-state index contributed by atoms with van der Waals surface area (Å²) in [6.07, 6.45) is -2.83. The Bertz CT molecular complexity index is 451. The van der Waals surface area contributed by atoms with Crippen LogP contribution < -0.4 is 11.1 Å². The zero-order chi connectivity index (χ0) is 19.1. The number of ether oxygens (including phenoxy) is 1. The van der Waals surface area contributed by atoms with Crippen molar-refractivity contribution >= 4 is 17.8 Å². The van der Waals surface area contributed by atoms with E-state index < -0.39 is 54.7 Å². The minimum absolute atomic E-state index is 0.131. The Labute approximate surface area is 141 Å². The van der Waals surface area contributed by atoms with E-state index in [-0.39, 0.29) is 5.92 Å². The average molecular weight is 348 g/mol. The van der Waals surface area contributed by atoms with Crippen LogP contribution in [0.2, 0.25) is 0 Å². The number of amides is 1. The lowest BCUT2D eigenvalue weighted by Gasteiger charge is -2.27. The molecule has 0 aliphatic heterocycles. The van der Waals surface area contributed by atoms with Crippen LogP contribution >= 0.6 is 0 Å². The van der Waals surface area contributed by atoms with Crippen molar-refractivity contribution in [1.29, 1.82) is 0 Å². The van der Waals surface area contributed by atoms with Gasteiger partial charge in [0, 0.05) is 5.41 Å². The Balaban J connectivity index is 4.68. The Morgan fingerprint density at radius 1 is 1.25 bits per heavy atom. The van der Waals surface area contributed by atoms with Crippen molar-refractivity contribution in [3.63, 3.8) is 0 Å². The van der Waals surface area contributed by atoms with E-state index in [9.17, 15) is 19.5 Å². The van der Waals surface area contributed by atoms with Gasteiger partial charge < -0.3 is 31.1 Å². The molecule has 24 heavy (non-hydrogen) atoms. The standard InChI is InChI=1S/C15H28N2O7/c1-8(2)5-9(16)14(23)24-10(13(21)22)6-17-12(20)11(19)15(3,4)7-18/h8-11,18-19H,5-7,16H2,1-4H3,(H,17,20)(H,21,22)/t9?,10?,11-/m0/s1. The minimum atomic E-state index is -1.62. The van der Waals surface area contributed by atoms with E-state index >= 15 is 0 Å². The summed E-state index contributed by atoms with van der Waals surface area (Å²) < 4.78 is 4.81. The lowest BCUT2D eigenvalue weighted by molar-refractivity contribution is -0.165. The van der Waals surface area contributed by atoms with Crippen molar-refractivity contribution in [3.05, 3.63) is 0 Å². The molecule has 1 amide bonds. The number of carboxylic acid groups (broad SMARTS) is 1. The van der Waals surface area contributed by atoms with Crippen LogP contribution in [0.4, 0.5) is 0 Å². The second kappa shape index (κ2) is 9.55. The molecule has 9 heteroatoms. The molecule has 0 aromatic heterocycles. The first-order chi connectivity index (χ1) is 10.9. The molecule has 9 nitrogen and oxygen atoms in total. The van der Waals surface area contributed by atoms with Gasteiger partial charge in [-0.25, -0.2) is 4.79 Å². The van der Waals surface area contributed by atoms with Crippen LogP contribution in [-0.4, -0.2) is 64.6 Å². The van der Waals surface area contributed by atoms with Gasteiger partial charge in [0.05, 0.1) is 13.2 Å². The highest BCUT2D eigenvalue weighted by molar-refractivity contribution is 5.84. The zero-order valence-corrected chi connectivity index (χ0v) is 14.5. The van der Waals surface area contributed by atoms with Gasteiger partial charge in [0.25, 0.3) is 0 Å². The fourth-order valence-corrected chi connectivity index (χ4v) is 1.74. The molecule has 0 bridgehead atoms. The van der Waals surface area contributed by atoms with Gasteiger partial charge in [0.2, 0.25) is 12.0 Å². The number of aliphatic carboxylic acids is 1. The Morgan fingerprint density at radius 2 is 1.79 bits per heavy atom. The number of hydrogen-bond donors (Lipinski definition) is 5. The minimum Gasteiger partial charge on any atom is -0.478 e. The van der Waals surface area contributed by atoms with Gasteiger partial charge in [-0.2, -0.15) is 0 Å². The molecule has 3 atom stereocenters. The molecule has 140 valence electrons. The molecular weight excluding hydrogens is 320 g/mol. The lowest BCUT2D eigenvalue weighted by Crippen LogP contribution is -2.49. The van der Waals surface area contributed by atoms with Gasteiger partial charge in [0.15, 0.2) is 0 Å². The first-order valence-electron chi connectivity index (χ1n) is 7.67. The zero-order valence-electron chi connectivity index (χ0n) is 14.5.